The second-order valence-corrected chi connectivity index (χ2v) is 4.32. The molecule has 0 radical (unpaired) electrons. The van der Waals surface area contributed by atoms with Crippen LogP contribution in [0.2, 0.25) is 5.02 Å². The molecule has 108 valence electrons. The smallest absolute Gasteiger partial charge is 0.326 e. The summed E-state index contributed by atoms with van der Waals surface area (Å²) in [6, 6.07) is 4.61. The number of aliphatic carboxylic acids is 1. The first-order valence-corrected chi connectivity index (χ1v) is 6.26. The zero-order valence-corrected chi connectivity index (χ0v) is 11.5. The van der Waals surface area contributed by atoms with E-state index < -0.39 is 30.3 Å². The maximum Gasteiger partial charge on any atom is 0.326 e. The van der Waals surface area contributed by atoms with Crippen molar-refractivity contribution < 1.29 is 24.2 Å². The van der Waals surface area contributed by atoms with Gasteiger partial charge in [-0.15, -0.1) is 0 Å². The van der Waals surface area contributed by atoms with Gasteiger partial charge in [0.25, 0.3) is 5.91 Å². The van der Waals surface area contributed by atoms with E-state index in [0.717, 1.165) is 0 Å². The molecule has 0 heterocycles. The molecule has 2 N–H and O–H groups in total. The summed E-state index contributed by atoms with van der Waals surface area (Å²) in [4.78, 5) is 34.1. The van der Waals surface area contributed by atoms with E-state index in [1.165, 1.54) is 24.3 Å². The standard InChI is InChI=1S/C13H14ClNO5/c1-2-20-11(16)7-10(13(18)19)15-12(17)8-3-5-9(14)6-4-8/h3-6,10H,2,7H2,1H3,(H,15,17)(H,18,19)/t10-/m0/s1. The maximum absolute atomic E-state index is 11.8. The van der Waals surface area contributed by atoms with E-state index in [-0.39, 0.29) is 12.2 Å². The van der Waals surface area contributed by atoms with Crippen molar-refractivity contribution in [3.05, 3.63) is 34.9 Å². The minimum absolute atomic E-state index is 0.149. The average molecular weight is 300 g/mol. The highest BCUT2D eigenvalue weighted by molar-refractivity contribution is 6.30. The molecule has 0 saturated carbocycles. The molecule has 1 rings (SSSR count). The summed E-state index contributed by atoms with van der Waals surface area (Å²) in [5.74, 6) is -2.59. The topological polar surface area (TPSA) is 92.7 Å². The Kier molecular flexibility index (Phi) is 5.99. The number of amides is 1. The van der Waals surface area contributed by atoms with Crippen molar-refractivity contribution in [2.45, 2.75) is 19.4 Å². The second kappa shape index (κ2) is 7.49. The molecule has 0 bridgehead atoms. The predicted molar refractivity (Wildman–Crippen MR) is 71.6 cm³/mol. The summed E-state index contributed by atoms with van der Waals surface area (Å²) in [6.07, 6.45) is -0.428. The van der Waals surface area contributed by atoms with Crippen LogP contribution in [-0.4, -0.2) is 35.6 Å². The molecule has 0 aromatic heterocycles. The summed E-state index contributed by atoms with van der Waals surface area (Å²) in [5.41, 5.74) is 0.254. The van der Waals surface area contributed by atoms with Gasteiger partial charge in [-0.05, 0) is 31.2 Å². The Labute approximate surface area is 120 Å². The lowest BCUT2D eigenvalue weighted by Gasteiger charge is -2.13. The number of hydrogen-bond acceptors (Lipinski definition) is 4. The molecule has 7 heteroatoms. The Morgan fingerprint density at radius 3 is 2.40 bits per heavy atom. The molecule has 0 aliphatic rings. The fraction of sp³-hybridized carbons (Fsp3) is 0.308. The van der Waals surface area contributed by atoms with E-state index in [1.54, 1.807) is 6.92 Å². The molecule has 6 nitrogen and oxygen atoms in total. The minimum atomic E-state index is -1.34. The van der Waals surface area contributed by atoms with Crippen LogP contribution in [0.3, 0.4) is 0 Å². The van der Waals surface area contributed by atoms with Crippen LogP contribution >= 0.6 is 11.6 Å². The lowest BCUT2D eigenvalue weighted by Crippen LogP contribution is -2.42. The van der Waals surface area contributed by atoms with E-state index in [4.69, 9.17) is 16.7 Å². The van der Waals surface area contributed by atoms with Crippen LogP contribution in [0, 0.1) is 0 Å². The van der Waals surface area contributed by atoms with Gasteiger partial charge < -0.3 is 15.2 Å². The molecule has 1 atom stereocenters. The number of carbonyl (C=O) groups excluding carboxylic acids is 2. The third kappa shape index (κ3) is 4.89. The van der Waals surface area contributed by atoms with Crippen molar-refractivity contribution in [1.82, 2.24) is 5.32 Å². The number of nitrogens with one attached hydrogen (secondary N) is 1. The van der Waals surface area contributed by atoms with Crippen molar-refractivity contribution in [3.8, 4) is 0 Å². The number of benzene rings is 1. The molecule has 1 amide bonds. The fourth-order valence-electron chi connectivity index (χ4n) is 1.43. The highest BCUT2D eigenvalue weighted by atomic mass is 35.5. The number of carbonyl (C=O) groups is 3. The average Bonchev–Trinajstić information content (AvgIpc) is 2.38. The Balaban J connectivity index is 2.70. The molecule has 0 fully saturated rings. The Hall–Kier alpha value is -2.08. The highest BCUT2D eigenvalue weighted by Gasteiger charge is 2.24. The van der Waals surface area contributed by atoms with Gasteiger partial charge in [-0.25, -0.2) is 4.79 Å². The zero-order valence-electron chi connectivity index (χ0n) is 10.8. The van der Waals surface area contributed by atoms with Crippen molar-refractivity contribution in [2.75, 3.05) is 6.61 Å². The van der Waals surface area contributed by atoms with Crippen LogP contribution in [0.5, 0.6) is 0 Å². The van der Waals surface area contributed by atoms with Crippen LogP contribution in [0.4, 0.5) is 0 Å². The molecule has 0 aliphatic heterocycles. The minimum Gasteiger partial charge on any atom is -0.480 e. The number of hydrogen-bond donors (Lipinski definition) is 2. The molecule has 0 unspecified atom stereocenters. The molecule has 1 aromatic carbocycles. The summed E-state index contributed by atoms with van der Waals surface area (Å²) < 4.78 is 4.65. The normalized spacial score (nSPS) is 11.5. The van der Waals surface area contributed by atoms with Crippen molar-refractivity contribution in [2.24, 2.45) is 0 Å². The SMILES string of the molecule is CCOC(=O)C[C@H](NC(=O)c1ccc(Cl)cc1)C(=O)O. The first kappa shape index (κ1) is 16.0. The summed E-state index contributed by atoms with van der Waals surface area (Å²) in [7, 11) is 0. The molecular formula is C13H14ClNO5. The molecule has 0 saturated heterocycles. The first-order chi connectivity index (χ1) is 9.43. The van der Waals surface area contributed by atoms with E-state index in [2.05, 4.69) is 10.1 Å². The largest absolute Gasteiger partial charge is 0.480 e. The van der Waals surface area contributed by atoms with Gasteiger partial charge in [0.2, 0.25) is 0 Å². The van der Waals surface area contributed by atoms with Gasteiger partial charge in [-0.1, -0.05) is 11.6 Å². The second-order valence-electron chi connectivity index (χ2n) is 3.88. The van der Waals surface area contributed by atoms with E-state index in [1.807, 2.05) is 0 Å². The number of rotatable bonds is 6. The Morgan fingerprint density at radius 2 is 1.90 bits per heavy atom. The quantitative estimate of drug-likeness (QED) is 0.776. The van der Waals surface area contributed by atoms with Gasteiger partial charge in [0.05, 0.1) is 13.0 Å². The molecular weight excluding hydrogens is 286 g/mol. The van der Waals surface area contributed by atoms with Gasteiger partial charge in [-0.3, -0.25) is 9.59 Å². The van der Waals surface area contributed by atoms with Gasteiger partial charge in [0, 0.05) is 10.6 Å². The number of halogens is 1. The van der Waals surface area contributed by atoms with Crippen molar-refractivity contribution >= 4 is 29.4 Å². The molecule has 20 heavy (non-hydrogen) atoms. The van der Waals surface area contributed by atoms with Crippen LogP contribution < -0.4 is 5.32 Å². The predicted octanol–water partition coefficient (Wildman–Crippen LogP) is 1.48. The van der Waals surface area contributed by atoms with E-state index >= 15 is 0 Å². The highest BCUT2D eigenvalue weighted by Crippen LogP contribution is 2.10. The van der Waals surface area contributed by atoms with Crippen molar-refractivity contribution in [3.63, 3.8) is 0 Å². The third-order valence-electron chi connectivity index (χ3n) is 2.39. The lowest BCUT2D eigenvalue weighted by atomic mass is 10.1. The molecule has 0 aliphatic carbocycles. The van der Waals surface area contributed by atoms with Crippen molar-refractivity contribution in [1.29, 1.82) is 0 Å². The van der Waals surface area contributed by atoms with E-state index in [0.29, 0.717) is 5.02 Å². The van der Waals surface area contributed by atoms with Gasteiger partial charge in [0.1, 0.15) is 6.04 Å². The zero-order chi connectivity index (χ0) is 15.1. The molecule has 0 spiro atoms. The Bertz CT molecular complexity index is 500. The lowest BCUT2D eigenvalue weighted by molar-refractivity contribution is -0.149. The number of carboxylic acids is 1. The monoisotopic (exact) mass is 299 g/mol. The van der Waals surface area contributed by atoms with Crippen LogP contribution in [0.1, 0.15) is 23.7 Å². The number of carboxylic acid groups (broad SMARTS) is 1. The van der Waals surface area contributed by atoms with Crippen LogP contribution in [0.25, 0.3) is 0 Å². The Morgan fingerprint density at radius 1 is 1.30 bits per heavy atom. The summed E-state index contributed by atoms with van der Waals surface area (Å²) in [5, 5.41) is 11.7. The number of ether oxygens (including phenoxy) is 1. The fourth-order valence-corrected chi connectivity index (χ4v) is 1.56. The third-order valence-corrected chi connectivity index (χ3v) is 2.64. The molecule has 1 aromatic rings. The maximum atomic E-state index is 11.8. The number of esters is 1. The summed E-state index contributed by atoms with van der Waals surface area (Å²) in [6.45, 7) is 1.76. The van der Waals surface area contributed by atoms with Crippen LogP contribution in [-0.2, 0) is 14.3 Å². The van der Waals surface area contributed by atoms with E-state index in [9.17, 15) is 14.4 Å². The van der Waals surface area contributed by atoms with Gasteiger partial charge in [0.15, 0.2) is 0 Å². The van der Waals surface area contributed by atoms with Gasteiger partial charge >= 0.3 is 11.9 Å². The summed E-state index contributed by atoms with van der Waals surface area (Å²) >= 11 is 5.69. The first-order valence-electron chi connectivity index (χ1n) is 5.89. The van der Waals surface area contributed by atoms with Gasteiger partial charge in [-0.2, -0.15) is 0 Å². The van der Waals surface area contributed by atoms with Crippen LogP contribution in [0.15, 0.2) is 24.3 Å².